The van der Waals surface area contributed by atoms with Gasteiger partial charge in [-0.1, -0.05) is 51.2 Å². The molecule has 1 N–H and O–H groups in total. The monoisotopic (exact) mass is 285 g/mol. The molecule has 0 aliphatic rings. The lowest BCUT2D eigenvalue weighted by Gasteiger charge is -2.11. The van der Waals surface area contributed by atoms with E-state index >= 15 is 0 Å². The largest absolute Gasteiger partial charge is 0.317 e. The van der Waals surface area contributed by atoms with Crippen molar-refractivity contribution in [3.63, 3.8) is 0 Å². The zero-order valence-corrected chi connectivity index (χ0v) is 14.0. The van der Waals surface area contributed by atoms with Crippen molar-refractivity contribution in [1.29, 1.82) is 0 Å². The molecule has 0 saturated carbocycles. The van der Waals surface area contributed by atoms with E-state index < -0.39 is 0 Å². The number of hydrogen-bond donors (Lipinski definition) is 1. The summed E-state index contributed by atoms with van der Waals surface area (Å²) in [6.07, 6.45) is 23.6. The third kappa shape index (κ3) is 12.0. The molecule has 0 aliphatic heterocycles. The fourth-order valence-corrected chi connectivity index (χ4v) is 2.12. The van der Waals surface area contributed by atoms with Gasteiger partial charge in [0.15, 0.2) is 0 Å². The molecule has 1 atom stereocenters. The Morgan fingerprint density at radius 3 is 2.67 bits per heavy atom. The highest BCUT2D eigenvalue weighted by Crippen LogP contribution is 2.09. The maximum absolute atomic E-state index is 5.36. The van der Waals surface area contributed by atoms with Gasteiger partial charge < -0.3 is 5.32 Å². The molecular weight excluding hydrogens is 254 g/mol. The Kier molecular flexibility index (Phi) is 13.9. The first-order valence-corrected chi connectivity index (χ1v) is 8.18. The van der Waals surface area contributed by atoms with Gasteiger partial charge in [-0.05, 0) is 56.5 Å². The van der Waals surface area contributed by atoms with Gasteiger partial charge in [0.2, 0.25) is 0 Å². The SMILES string of the molecule is C#C/C=C(\C=C=C/C=C/CC(CCC)NC)CCCCC. The van der Waals surface area contributed by atoms with E-state index in [0.717, 1.165) is 12.8 Å². The number of rotatable bonds is 11. The Morgan fingerprint density at radius 2 is 2.05 bits per heavy atom. The molecule has 0 saturated heterocycles. The van der Waals surface area contributed by atoms with Crippen LogP contribution in [0.1, 0.15) is 58.8 Å². The fourth-order valence-electron chi connectivity index (χ4n) is 2.12. The molecular formula is C20H31N. The van der Waals surface area contributed by atoms with E-state index in [1.165, 1.54) is 37.7 Å². The number of hydrogen-bond acceptors (Lipinski definition) is 1. The van der Waals surface area contributed by atoms with E-state index in [1.54, 1.807) is 0 Å². The van der Waals surface area contributed by atoms with Crippen LogP contribution < -0.4 is 5.32 Å². The fraction of sp³-hybridized carbons (Fsp3) is 0.550. The molecule has 1 unspecified atom stereocenters. The molecule has 0 aromatic carbocycles. The third-order valence-corrected chi connectivity index (χ3v) is 3.40. The Morgan fingerprint density at radius 1 is 1.24 bits per heavy atom. The van der Waals surface area contributed by atoms with Gasteiger partial charge in [0, 0.05) is 6.04 Å². The number of unbranched alkanes of at least 4 members (excludes halogenated alkanes) is 2. The van der Waals surface area contributed by atoms with E-state index in [4.69, 9.17) is 6.42 Å². The van der Waals surface area contributed by atoms with E-state index in [9.17, 15) is 0 Å². The molecule has 0 spiro atoms. The molecule has 0 rings (SSSR count). The number of allylic oxidation sites excluding steroid dienone is 4. The second kappa shape index (κ2) is 14.9. The van der Waals surface area contributed by atoms with Crippen LogP contribution in [0.25, 0.3) is 0 Å². The van der Waals surface area contributed by atoms with Crippen molar-refractivity contribution in [1.82, 2.24) is 5.32 Å². The van der Waals surface area contributed by atoms with E-state index in [1.807, 2.05) is 25.3 Å². The van der Waals surface area contributed by atoms with Crippen molar-refractivity contribution in [2.24, 2.45) is 0 Å². The van der Waals surface area contributed by atoms with Crippen molar-refractivity contribution >= 4 is 0 Å². The molecule has 0 aromatic rings. The summed E-state index contributed by atoms with van der Waals surface area (Å²) in [6, 6.07) is 0.578. The van der Waals surface area contributed by atoms with Gasteiger partial charge in [0.1, 0.15) is 0 Å². The van der Waals surface area contributed by atoms with Gasteiger partial charge >= 0.3 is 0 Å². The highest BCUT2D eigenvalue weighted by molar-refractivity contribution is 5.27. The summed E-state index contributed by atoms with van der Waals surface area (Å²) in [5.74, 6) is 2.61. The Hall–Kier alpha value is -1.48. The van der Waals surface area contributed by atoms with Gasteiger partial charge in [-0.3, -0.25) is 0 Å². The lowest BCUT2D eigenvalue weighted by Crippen LogP contribution is -2.23. The summed E-state index contributed by atoms with van der Waals surface area (Å²) >= 11 is 0. The predicted octanol–water partition coefficient (Wildman–Crippen LogP) is 5.17. The van der Waals surface area contributed by atoms with Crippen LogP contribution in [-0.4, -0.2) is 13.1 Å². The van der Waals surface area contributed by atoms with Crippen molar-refractivity contribution in [3.05, 3.63) is 41.7 Å². The summed E-state index contributed by atoms with van der Waals surface area (Å²) < 4.78 is 0. The van der Waals surface area contributed by atoms with Gasteiger partial charge in [0.05, 0.1) is 0 Å². The first-order valence-electron chi connectivity index (χ1n) is 8.18. The van der Waals surface area contributed by atoms with Gasteiger partial charge in [-0.25, -0.2) is 0 Å². The summed E-state index contributed by atoms with van der Waals surface area (Å²) in [4.78, 5) is 0. The van der Waals surface area contributed by atoms with Crippen molar-refractivity contribution in [2.75, 3.05) is 7.05 Å². The normalized spacial score (nSPS) is 12.8. The minimum Gasteiger partial charge on any atom is -0.317 e. The van der Waals surface area contributed by atoms with Crippen molar-refractivity contribution in [3.8, 4) is 12.3 Å². The zero-order chi connectivity index (χ0) is 15.8. The van der Waals surface area contributed by atoms with E-state index in [2.05, 4.69) is 43.0 Å². The molecule has 0 aromatic heterocycles. The molecule has 0 heterocycles. The average Bonchev–Trinajstić information content (AvgIpc) is 2.49. The molecule has 0 radical (unpaired) electrons. The molecule has 1 nitrogen and oxygen atoms in total. The van der Waals surface area contributed by atoms with Crippen LogP contribution >= 0.6 is 0 Å². The Bertz CT molecular complexity index is 400. The lowest BCUT2D eigenvalue weighted by atomic mass is 10.1. The van der Waals surface area contributed by atoms with Crippen LogP contribution in [0.2, 0.25) is 0 Å². The Balaban J connectivity index is 4.28. The highest BCUT2D eigenvalue weighted by Gasteiger charge is 1.99. The second-order valence-corrected chi connectivity index (χ2v) is 5.26. The topological polar surface area (TPSA) is 12.0 Å². The molecule has 21 heavy (non-hydrogen) atoms. The molecule has 116 valence electrons. The van der Waals surface area contributed by atoms with E-state index in [-0.39, 0.29) is 0 Å². The quantitative estimate of drug-likeness (QED) is 0.239. The standard InChI is InChI=1S/C20H31N/c1-5-8-11-16-19(14-6-2)17-12-9-10-13-18-20(21-4)15-7-3/h2,9-10,13-14,17,20-21H,5,7-8,11,15-16,18H2,1,3-4H3/b13-10+,19-14-. The summed E-state index contributed by atoms with van der Waals surface area (Å²) in [5, 5.41) is 3.33. The zero-order valence-electron chi connectivity index (χ0n) is 14.0. The summed E-state index contributed by atoms with van der Waals surface area (Å²) in [5.41, 5.74) is 4.39. The van der Waals surface area contributed by atoms with Crippen molar-refractivity contribution < 1.29 is 0 Å². The van der Waals surface area contributed by atoms with Crippen molar-refractivity contribution in [2.45, 2.75) is 64.8 Å². The minimum atomic E-state index is 0.578. The van der Waals surface area contributed by atoms with Crippen LogP contribution in [0, 0.1) is 12.3 Å². The molecule has 0 fully saturated rings. The molecule has 0 bridgehead atoms. The maximum Gasteiger partial charge on any atom is 0.00985 e. The van der Waals surface area contributed by atoms with Crippen LogP contribution in [0.4, 0.5) is 0 Å². The van der Waals surface area contributed by atoms with Crippen LogP contribution in [0.3, 0.4) is 0 Å². The number of nitrogens with one attached hydrogen (secondary N) is 1. The van der Waals surface area contributed by atoms with Crippen LogP contribution in [0.15, 0.2) is 41.7 Å². The molecule has 0 amide bonds. The minimum absolute atomic E-state index is 0.578. The van der Waals surface area contributed by atoms with Crippen LogP contribution in [-0.2, 0) is 0 Å². The smallest absolute Gasteiger partial charge is 0.00985 e. The predicted molar refractivity (Wildman–Crippen MR) is 95.2 cm³/mol. The first-order chi connectivity index (χ1) is 10.3. The second-order valence-electron chi connectivity index (χ2n) is 5.26. The van der Waals surface area contributed by atoms with Gasteiger partial charge in [-0.2, -0.15) is 0 Å². The van der Waals surface area contributed by atoms with E-state index in [0.29, 0.717) is 6.04 Å². The van der Waals surface area contributed by atoms with Crippen LogP contribution in [0.5, 0.6) is 0 Å². The number of terminal acetylenes is 1. The molecule has 1 heteroatoms. The first kappa shape index (κ1) is 19.5. The summed E-state index contributed by atoms with van der Waals surface area (Å²) in [7, 11) is 2.02. The van der Waals surface area contributed by atoms with Gasteiger partial charge in [-0.15, -0.1) is 12.2 Å². The maximum atomic E-state index is 5.36. The van der Waals surface area contributed by atoms with Gasteiger partial charge in [0.25, 0.3) is 0 Å². The third-order valence-electron chi connectivity index (χ3n) is 3.40. The highest BCUT2D eigenvalue weighted by atomic mass is 14.9. The molecule has 0 aliphatic carbocycles. The average molecular weight is 285 g/mol. The Labute approximate surface area is 131 Å². The lowest BCUT2D eigenvalue weighted by molar-refractivity contribution is 0.521. The summed E-state index contributed by atoms with van der Waals surface area (Å²) in [6.45, 7) is 4.43.